The molecule has 0 aromatic heterocycles. The molecule has 4 aromatic rings. The molecule has 0 saturated heterocycles. The average molecular weight is 625 g/mol. The Labute approximate surface area is 256 Å². The van der Waals surface area contributed by atoms with Gasteiger partial charge in [0.25, 0.3) is 0 Å². The number of hydrogen-bond donors (Lipinski definition) is 2. The maximum atomic E-state index is 13.9. The van der Waals surface area contributed by atoms with Crippen molar-refractivity contribution in [3.8, 4) is 0 Å². The van der Waals surface area contributed by atoms with E-state index in [0.717, 1.165) is 28.8 Å². The number of benzene rings is 4. The minimum Gasteiger partial charge on any atom is -0.481 e. The highest BCUT2D eigenvalue weighted by atomic mass is 32.2. The molecular formula is C34H35F3N2O4S. The molecule has 0 fully saturated rings. The van der Waals surface area contributed by atoms with Crippen molar-refractivity contribution in [2.75, 3.05) is 19.6 Å². The van der Waals surface area contributed by atoms with Gasteiger partial charge in [-0.05, 0) is 67.3 Å². The van der Waals surface area contributed by atoms with Crippen molar-refractivity contribution in [3.63, 3.8) is 0 Å². The lowest BCUT2D eigenvalue weighted by Gasteiger charge is -2.31. The summed E-state index contributed by atoms with van der Waals surface area (Å²) in [6.07, 6.45) is -3.69. The summed E-state index contributed by atoms with van der Waals surface area (Å²) in [7, 11) is -4.13. The first-order valence-electron chi connectivity index (χ1n) is 14.2. The molecule has 0 saturated carbocycles. The Morgan fingerprint density at radius 1 is 0.818 bits per heavy atom. The summed E-state index contributed by atoms with van der Waals surface area (Å²) in [4.78, 5) is 12.9. The van der Waals surface area contributed by atoms with E-state index in [1.165, 1.54) is 28.6 Å². The van der Waals surface area contributed by atoms with Crippen LogP contribution in [0.1, 0.15) is 33.9 Å². The fourth-order valence-electron chi connectivity index (χ4n) is 5.00. The Balaban J connectivity index is 1.69. The van der Waals surface area contributed by atoms with Crippen molar-refractivity contribution in [2.45, 2.75) is 36.9 Å². The first kappa shape index (κ1) is 32.9. The number of aryl methyl sites for hydroxylation is 1. The average Bonchev–Trinajstić information content (AvgIpc) is 3.00. The van der Waals surface area contributed by atoms with E-state index < -0.39 is 46.2 Å². The molecule has 2 N–H and O–H groups in total. The molecule has 0 amide bonds. The van der Waals surface area contributed by atoms with Gasteiger partial charge >= 0.3 is 12.1 Å². The maximum Gasteiger partial charge on any atom is 0.416 e. The molecule has 2 unspecified atom stereocenters. The number of nitrogens with one attached hydrogen (secondary N) is 1. The van der Waals surface area contributed by atoms with Crippen molar-refractivity contribution in [1.82, 2.24) is 9.62 Å². The highest BCUT2D eigenvalue weighted by Gasteiger charge is 2.36. The lowest BCUT2D eigenvalue weighted by atomic mass is 9.91. The summed E-state index contributed by atoms with van der Waals surface area (Å²) in [5.74, 6) is -2.59. The third-order valence-electron chi connectivity index (χ3n) is 7.49. The summed E-state index contributed by atoms with van der Waals surface area (Å²) in [6, 6.07) is 28.4. The molecule has 2 atom stereocenters. The van der Waals surface area contributed by atoms with Gasteiger partial charge in [-0.25, -0.2) is 8.42 Å². The molecule has 232 valence electrons. The first-order chi connectivity index (χ1) is 20.9. The Bertz CT molecular complexity index is 1600. The Hall–Kier alpha value is -3.99. The zero-order valence-electron chi connectivity index (χ0n) is 24.2. The van der Waals surface area contributed by atoms with Gasteiger partial charge in [-0.15, -0.1) is 0 Å². The molecule has 0 heterocycles. The van der Waals surface area contributed by atoms with Gasteiger partial charge in [0.1, 0.15) is 0 Å². The predicted molar refractivity (Wildman–Crippen MR) is 164 cm³/mol. The molecule has 0 bridgehead atoms. The molecule has 0 aliphatic rings. The van der Waals surface area contributed by atoms with Crippen molar-refractivity contribution < 1.29 is 31.5 Å². The predicted octanol–water partition coefficient (Wildman–Crippen LogP) is 6.52. The summed E-state index contributed by atoms with van der Waals surface area (Å²) in [6.45, 7) is 1.75. The largest absolute Gasteiger partial charge is 0.481 e. The van der Waals surface area contributed by atoms with Gasteiger partial charge in [0.05, 0.1) is 16.4 Å². The Kier molecular flexibility index (Phi) is 11.0. The lowest BCUT2D eigenvalue weighted by Crippen LogP contribution is -2.44. The molecular weight excluding hydrogens is 589 g/mol. The van der Waals surface area contributed by atoms with E-state index in [9.17, 15) is 31.5 Å². The van der Waals surface area contributed by atoms with Crippen molar-refractivity contribution in [1.29, 1.82) is 0 Å². The molecule has 4 rings (SSSR count). The minimum absolute atomic E-state index is 0.00769. The van der Waals surface area contributed by atoms with Crippen LogP contribution in [-0.4, -0.2) is 43.4 Å². The summed E-state index contributed by atoms with van der Waals surface area (Å²) in [5.41, 5.74) is 2.19. The Morgan fingerprint density at radius 2 is 1.36 bits per heavy atom. The Morgan fingerprint density at radius 3 is 1.89 bits per heavy atom. The summed E-state index contributed by atoms with van der Waals surface area (Å²) in [5, 5.41) is 13.7. The van der Waals surface area contributed by atoms with Gasteiger partial charge in [0.2, 0.25) is 10.0 Å². The van der Waals surface area contributed by atoms with Crippen LogP contribution in [0.5, 0.6) is 0 Å². The molecule has 0 spiro atoms. The van der Waals surface area contributed by atoms with Crippen LogP contribution in [-0.2, 0) is 33.8 Å². The third kappa shape index (κ3) is 8.78. The number of halogens is 3. The second-order valence-corrected chi connectivity index (χ2v) is 12.6. The van der Waals surface area contributed by atoms with E-state index in [2.05, 4.69) is 5.32 Å². The normalized spacial score (nSPS) is 13.5. The topological polar surface area (TPSA) is 86.7 Å². The van der Waals surface area contributed by atoms with Gasteiger partial charge < -0.3 is 10.4 Å². The highest BCUT2D eigenvalue weighted by molar-refractivity contribution is 7.89. The van der Waals surface area contributed by atoms with Crippen molar-refractivity contribution >= 4 is 16.0 Å². The third-order valence-corrected chi connectivity index (χ3v) is 9.37. The van der Waals surface area contributed by atoms with E-state index in [4.69, 9.17) is 0 Å². The fraction of sp³-hybridized carbons (Fsp3) is 0.265. The zero-order chi connectivity index (χ0) is 31.7. The SMILES string of the molecule is Cc1ccc(S(=O)(=O)N(CCc2ccccc2)CC(C(=O)O)C(NCCc2ccccc2)c2ccc(C(F)(F)F)cc2)cc1. The van der Waals surface area contributed by atoms with Gasteiger partial charge in [-0.3, -0.25) is 4.79 Å². The van der Waals surface area contributed by atoms with Crippen LogP contribution in [0.4, 0.5) is 13.2 Å². The molecule has 0 aliphatic heterocycles. The number of carboxylic acid groups (broad SMARTS) is 1. The van der Waals surface area contributed by atoms with Crippen LogP contribution in [0, 0.1) is 12.8 Å². The number of carbonyl (C=O) groups is 1. The van der Waals surface area contributed by atoms with Crippen LogP contribution in [0.3, 0.4) is 0 Å². The van der Waals surface area contributed by atoms with E-state index in [0.29, 0.717) is 24.9 Å². The molecule has 44 heavy (non-hydrogen) atoms. The second-order valence-electron chi connectivity index (χ2n) is 10.6. The van der Waals surface area contributed by atoms with Crippen molar-refractivity contribution in [2.24, 2.45) is 5.92 Å². The lowest BCUT2D eigenvalue weighted by molar-refractivity contribution is -0.143. The fourth-order valence-corrected chi connectivity index (χ4v) is 6.47. The smallest absolute Gasteiger partial charge is 0.416 e. The summed E-state index contributed by atoms with van der Waals surface area (Å²) >= 11 is 0. The number of aliphatic carboxylic acids is 1. The molecule has 0 aliphatic carbocycles. The number of rotatable bonds is 14. The zero-order valence-corrected chi connectivity index (χ0v) is 25.1. The van der Waals surface area contributed by atoms with Gasteiger partial charge in [-0.1, -0.05) is 90.5 Å². The highest BCUT2D eigenvalue weighted by Crippen LogP contribution is 2.32. The van der Waals surface area contributed by atoms with Crippen LogP contribution in [0.15, 0.2) is 114 Å². The molecule has 0 radical (unpaired) electrons. The quantitative estimate of drug-likeness (QED) is 0.167. The van der Waals surface area contributed by atoms with Gasteiger partial charge in [0, 0.05) is 19.1 Å². The van der Waals surface area contributed by atoms with E-state index in [-0.39, 0.29) is 11.4 Å². The van der Waals surface area contributed by atoms with E-state index in [1.54, 1.807) is 12.1 Å². The molecule has 10 heteroatoms. The first-order valence-corrected chi connectivity index (χ1v) is 15.7. The monoisotopic (exact) mass is 624 g/mol. The maximum absolute atomic E-state index is 13.9. The van der Waals surface area contributed by atoms with Crippen LogP contribution < -0.4 is 5.32 Å². The number of alkyl halides is 3. The van der Waals surface area contributed by atoms with Crippen molar-refractivity contribution in [3.05, 3.63) is 137 Å². The molecule has 4 aromatic carbocycles. The van der Waals surface area contributed by atoms with Gasteiger partial charge in [-0.2, -0.15) is 17.5 Å². The minimum atomic E-state index is -4.56. The number of sulfonamides is 1. The second kappa shape index (κ2) is 14.7. The van der Waals surface area contributed by atoms with Gasteiger partial charge in [0.15, 0.2) is 0 Å². The van der Waals surface area contributed by atoms with E-state index in [1.807, 2.05) is 67.6 Å². The number of hydrogen-bond acceptors (Lipinski definition) is 4. The van der Waals surface area contributed by atoms with Crippen LogP contribution >= 0.6 is 0 Å². The number of carboxylic acids is 1. The van der Waals surface area contributed by atoms with E-state index >= 15 is 0 Å². The number of nitrogens with zero attached hydrogens (tertiary/aromatic N) is 1. The molecule has 6 nitrogen and oxygen atoms in total. The van der Waals surface area contributed by atoms with Crippen LogP contribution in [0.2, 0.25) is 0 Å². The summed E-state index contributed by atoms with van der Waals surface area (Å²) < 4.78 is 69.0. The standard InChI is InChI=1S/C34H35F3N2O4S/c1-25-12-18-30(19-13-25)44(42,43)39(23-21-27-10-6-3-7-11-27)24-31(33(40)41)32(38-22-20-26-8-4-2-5-9-26)28-14-16-29(17-15-28)34(35,36)37/h2-19,31-32,38H,20-24H2,1H3,(H,40,41). The van der Waals surface area contributed by atoms with Crippen LogP contribution in [0.25, 0.3) is 0 Å².